The average molecular weight is 448 g/mol. The fourth-order valence-corrected chi connectivity index (χ4v) is 4.00. The van der Waals surface area contributed by atoms with Gasteiger partial charge in [0, 0.05) is 20.1 Å². The molecule has 1 aromatic heterocycles. The van der Waals surface area contributed by atoms with E-state index in [1.54, 1.807) is 4.57 Å². The van der Waals surface area contributed by atoms with Gasteiger partial charge in [-0.3, -0.25) is 9.59 Å². The Hall–Kier alpha value is -2.81. The molecule has 0 bridgehead atoms. The molecular weight excluding hydrogens is 416 g/mol. The minimum absolute atomic E-state index is 0.00685. The van der Waals surface area contributed by atoms with Crippen LogP contribution in [0.5, 0.6) is 0 Å². The first-order valence-corrected chi connectivity index (χ1v) is 10.8. The lowest BCUT2D eigenvalue weighted by molar-refractivity contribution is -0.123. The SMILES string of the molecule is CNC(=O)C(CC(C)(C)C)NC(=O)c1nc(-c2cc(F)ccc2F)n2c1CN(C)CCC2. The summed E-state index contributed by atoms with van der Waals surface area (Å²) in [4.78, 5) is 32.2. The van der Waals surface area contributed by atoms with E-state index in [9.17, 15) is 18.4 Å². The zero-order valence-electron chi connectivity index (χ0n) is 19.3. The molecule has 32 heavy (non-hydrogen) atoms. The van der Waals surface area contributed by atoms with Gasteiger partial charge in [0.15, 0.2) is 5.69 Å². The summed E-state index contributed by atoms with van der Waals surface area (Å²) in [5.41, 5.74) is 0.547. The lowest BCUT2D eigenvalue weighted by Gasteiger charge is -2.25. The molecule has 174 valence electrons. The molecule has 2 aromatic rings. The number of amides is 2. The van der Waals surface area contributed by atoms with Gasteiger partial charge < -0.3 is 20.1 Å². The highest BCUT2D eigenvalue weighted by Gasteiger charge is 2.31. The van der Waals surface area contributed by atoms with Crippen molar-refractivity contribution < 1.29 is 18.4 Å². The predicted octanol–water partition coefficient (Wildman–Crippen LogP) is 2.94. The van der Waals surface area contributed by atoms with Crippen molar-refractivity contribution in [3.05, 3.63) is 41.2 Å². The van der Waals surface area contributed by atoms with E-state index in [2.05, 4.69) is 15.6 Å². The molecule has 2 amide bonds. The van der Waals surface area contributed by atoms with Crippen molar-refractivity contribution in [3.63, 3.8) is 0 Å². The summed E-state index contributed by atoms with van der Waals surface area (Å²) in [7, 11) is 3.45. The van der Waals surface area contributed by atoms with Gasteiger partial charge in [0.05, 0.1) is 11.3 Å². The molecule has 7 nitrogen and oxygen atoms in total. The summed E-state index contributed by atoms with van der Waals surface area (Å²) in [6.07, 6.45) is 1.20. The maximum Gasteiger partial charge on any atom is 0.272 e. The number of aromatic nitrogens is 2. The lowest BCUT2D eigenvalue weighted by atomic mass is 9.87. The van der Waals surface area contributed by atoms with Gasteiger partial charge in [-0.25, -0.2) is 13.8 Å². The second-order valence-electron chi connectivity index (χ2n) is 9.50. The summed E-state index contributed by atoms with van der Waals surface area (Å²) < 4.78 is 30.3. The molecular formula is C23H31F2N5O2. The second kappa shape index (κ2) is 9.36. The Morgan fingerprint density at radius 2 is 1.94 bits per heavy atom. The number of hydrogen-bond acceptors (Lipinski definition) is 4. The number of likely N-dealkylation sites (N-methyl/N-ethyl adjacent to an activating group) is 1. The van der Waals surface area contributed by atoms with Gasteiger partial charge >= 0.3 is 0 Å². The fraction of sp³-hybridized carbons (Fsp3) is 0.522. The summed E-state index contributed by atoms with van der Waals surface area (Å²) in [6, 6.07) is 2.45. The van der Waals surface area contributed by atoms with E-state index in [1.807, 2.05) is 32.7 Å². The zero-order valence-corrected chi connectivity index (χ0v) is 19.3. The first-order valence-electron chi connectivity index (χ1n) is 10.8. The quantitative estimate of drug-likeness (QED) is 0.739. The van der Waals surface area contributed by atoms with E-state index in [-0.39, 0.29) is 28.4 Å². The highest BCUT2D eigenvalue weighted by atomic mass is 19.1. The van der Waals surface area contributed by atoms with Gasteiger partial charge in [-0.2, -0.15) is 0 Å². The van der Waals surface area contributed by atoms with Crippen molar-refractivity contribution in [1.29, 1.82) is 0 Å². The lowest BCUT2D eigenvalue weighted by Crippen LogP contribution is -2.47. The van der Waals surface area contributed by atoms with Crippen molar-refractivity contribution in [2.45, 2.75) is 52.7 Å². The summed E-state index contributed by atoms with van der Waals surface area (Å²) in [6.45, 7) is 7.69. The smallest absolute Gasteiger partial charge is 0.272 e. The minimum Gasteiger partial charge on any atom is -0.357 e. The van der Waals surface area contributed by atoms with Crippen LogP contribution in [0.1, 0.15) is 49.8 Å². The van der Waals surface area contributed by atoms with E-state index in [4.69, 9.17) is 0 Å². The number of imidazole rings is 1. The normalized spacial score (nSPS) is 15.6. The van der Waals surface area contributed by atoms with E-state index in [1.165, 1.54) is 7.05 Å². The number of fused-ring (bicyclic) bond motifs is 1. The van der Waals surface area contributed by atoms with E-state index in [0.29, 0.717) is 25.2 Å². The first-order chi connectivity index (χ1) is 15.0. The van der Waals surface area contributed by atoms with E-state index >= 15 is 0 Å². The Morgan fingerprint density at radius 3 is 2.59 bits per heavy atom. The molecule has 1 aromatic carbocycles. The van der Waals surface area contributed by atoms with Crippen LogP contribution < -0.4 is 10.6 Å². The van der Waals surface area contributed by atoms with Crippen molar-refractivity contribution in [2.24, 2.45) is 5.41 Å². The third-order valence-electron chi connectivity index (χ3n) is 5.48. The Morgan fingerprint density at radius 1 is 1.22 bits per heavy atom. The Kier molecular flexibility index (Phi) is 6.97. The van der Waals surface area contributed by atoms with Crippen LogP contribution in [0.15, 0.2) is 18.2 Å². The molecule has 0 radical (unpaired) electrons. The predicted molar refractivity (Wildman–Crippen MR) is 118 cm³/mol. The molecule has 0 fully saturated rings. The maximum atomic E-state index is 14.6. The standard InChI is InChI=1S/C23H31F2N5O2/c1-23(2,3)12-17(21(31)26-4)27-22(32)19-18-13-29(5)9-6-10-30(18)20(28-19)15-11-14(24)7-8-16(15)25/h7-8,11,17H,6,9-10,12-13H2,1-5H3,(H,26,31)(H,27,32). The van der Waals surface area contributed by atoms with Gasteiger partial charge in [-0.15, -0.1) is 0 Å². The van der Waals surface area contributed by atoms with Crippen LogP contribution in [0.4, 0.5) is 8.78 Å². The summed E-state index contributed by atoms with van der Waals surface area (Å²) in [5.74, 6) is -1.79. The van der Waals surface area contributed by atoms with Crippen molar-refractivity contribution in [1.82, 2.24) is 25.1 Å². The van der Waals surface area contributed by atoms with Gasteiger partial charge in [0.1, 0.15) is 23.5 Å². The number of hydrogen-bond donors (Lipinski definition) is 2. The second-order valence-corrected chi connectivity index (χ2v) is 9.50. The zero-order chi connectivity index (χ0) is 23.6. The minimum atomic E-state index is -0.747. The fourth-order valence-electron chi connectivity index (χ4n) is 4.00. The number of carbonyl (C=O) groups is 2. The number of nitrogens with zero attached hydrogens (tertiary/aromatic N) is 3. The molecule has 0 saturated carbocycles. The van der Waals surface area contributed by atoms with Crippen LogP contribution in [-0.4, -0.2) is 52.9 Å². The van der Waals surface area contributed by atoms with Crippen LogP contribution in [-0.2, 0) is 17.9 Å². The molecule has 0 aliphatic carbocycles. The largest absolute Gasteiger partial charge is 0.357 e. The summed E-state index contributed by atoms with van der Waals surface area (Å²) >= 11 is 0. The molecule has 1 aliphatic rings. The number of benzene rings is 1. The molecule has 0 saturated heterocycles. The third-order valence-corrected chi connectivity index (χ3v) is 5.48. The number of rotatable bonds is 5. The van der Waals surface area contributed by atoms with Gasteiger partial charge in [-0.05, 0) is 50.0 Å². The van der Waals surface area contributed by atoms with Crippen molar-refractivity contribution in [3.8, 4) is 11.4 Å². The molecule has 2 N–H and O–H groups in total. The Bertz CT molecular complexity index is 1010. The van der Waals surface area contributed by atoms with Crippen molar-refractivity contribution in [2.75, 3.05) is 20.6 Å². The van der Waals surface area contributed by atoms with Crippen LogP contribution >= 0.6 is 0 Å². The summed E-state index contributed by atoms with van der Waals surface area (Å²) in [5, 5.41) is 5.39. The highest BCUT2D eigenvalue weighted by molar-refractivity contribution is 5.97. The monoisotopic (exact) mass is 447 g/mol. The molecule has 2 heterocycles. The van der Waals surface area contributed by atoms with Gasteiger partial charge in [0.2, 0.25) is 5.91 Å². The Balaban J connectivity index is 2.05. The first kappa shape index (κ1) is 23.8. The molecule has 3 rings (SSSR count). The molecule has 1 atom stereocenters. The van der Waals surface area contributed by atoms with Crippen LogP contribution in [0.2, 0.25) is 0 Å². The molecule has 9 heteroatoms. The number of nitrogens with one attached hydrogen (secondary N) is 2. The molecule has 0 spiro atoms. The van der Waals surface area contributed by atoms with Crippen molar-refractivity contribution >= 4 is 11.8 Å². The van der Waals surface area contributed by atoms with E-state index in [0.717, 1.165) is 31.2 Å². The Labute approximate surface area is 187 Å². The molecule has 1 unspecified atom stereocenters. The highest BCUT2D eigenvalue weighted by Crippen LogP contribution is 2.29. The topological polar surface area (TPSA) is 79.3 Å². The number of carbonyl (C=O) groups excluding carboxylic acids is 2. The molecule has 1 aliphatic heterocycles. The average Bonchev–Trinajstić information content (AvgIpc) is 2.94. The van der Waals surface area contributed by atoms with Crippen LogP contribution in [0.3, 0.4) is 0 Å². The van der Waals surface area contributed by atoms with Gasteiger partial charge in [-0.1, -0.05) is 20.8 Å². The van der Waals surface area contributed by atoms with E-state index < -0.39 is 23.6 Å². The number of halogens is 2. The van der Waals surface area contributed by atoms with Crippen LogP contribution in [0, 0.1) is 17.0 Å². The van der Waals surface area contributed by atoms with Gasteiger partial charge in [0.25, 0.3) is 5.91 Å². The maximum absolute atomic E-state index is 14.6. The van der Waals surface area contributed by atoms with Crippen LogP contribution in [0.25, 0.3) is 11.4 Å². The third kappa shape index (κ3) is 5.32.